The molecule has 0 saturated heterocycles. The number of aromatic nitrogens is 1. The van der Waals surface area contributed by atoms with Gasteiger partial charge in [0.1, 0.15) is 5.82 Å². The van der Waals surface area contributed by atoms with E-state index in [9.17, 15) is 4.39 Å². The minimum atomic E-state index is -0.268. The lowest BCUT2D eigenvalue weighted by atomic mass is 10.0. The van der Waals surface area contributed by atoms with Gasteiger partial charge in [0.25, 0.3) is 0 Å². The summed E-state index contributed by atoms with van der Waals surface area (Å²) >= 11 is 0. The van der Waals surface area contributed by atoms with E-state index in [2.05, 4.69) is 233 Å². The van der Waals surface area contributed by atoms with Crippen molar-refractivity contribution >= 4 is 110 Å². The molecular weight excluding hydrogens is 806 g/mol. The Kier molecular flexibility index (Phi) is 8.72. The molecule has 0 aliphatic rings. The van der Waals surface area contributed by atoms with Gasteiger partial charge in [0, 0.05) is 49.4 Å². The van der Waals surface area contributed by atoms with E-state index in [0.717, 1.165) is 83.2 Å². The number of anilines is 6. The Balaban J connectivity index is 1.06. The predicted molar refractivity (Wildman–Crippen MR) is 278 cm³/mol. The lowest BCUT2D eigenvalue weighted by Crippen LogP contribution is -2.11. The van der Waals surface area contributed by atoms with E-state index in [0.29, 0.717) is 0 Å². The second kappa shape index (κ2) is 15.2. The summed E-state index contributed by atoms with van der Waals surface area (Å²) in [6.45, 7) is 0. The van der Waals surface area contributed by atoms with Crippen molar-refractivity contribution < 1.29 is 4.39 Å². The molecule has 310 valence electrons. The Labute approximate surface area is 381 Å². The average molecular weight is 846 g/mol. The monoisotopic (exact) mass is 845 g/mol. The standard InChI is InChI=1S/C62H40FN3/c63-47-30-33-48(34-31-47)64-61-39-46-37-49(65(57-25-9-17-41-13-1-5-21-51(41)57)58-26-10-18-42-14-2-6-22-52(42)58)32-29-45(46)38-56(61)55-36-35-50(40-62(55)64)66(59-27-11-19-43-15-3-7-23-53(43)59)60-28-12-20-44-16-4-8-24-54(44)60/h1-40H. The van der Waals surface area contributed by atoms with E-state index in [4.69, 9.17) is 0 Å². The molecule has 0 radical (unpaired) electrons. The Morgan fingerprint density at radius 3 is 1.17 bits per heavy atom. The van der Waals surface area contributed by atoms with E-state index in [-0.39, 0.29) is 5.82 Å². The quantitative estimate of drug-likeness (QED) is 0.158. The molecule has 4 heteroatoms. The van der Waals surface area contributed by atoms with E-state index in [1.165, 1.54) is 32.3 Å². The Hall–Kier alpha value is -8.73. The van der Waals surface area contributed by atoms with Gasteiger partial charge in [-0.25, -0.2) is 4.39 Å². The largest absolute Gasteiger partial charge is 0.309 e. The molecule has 1 aromatic heterocycles. The van der Waals surface area contributed by atoms with Crippen molar-refractivity contribution in [1.82, 2.24) is 4.57 Å². The molecule has 12 aromatic carbocycles. The second-order valence-electron chi connectivity index (χ2n) is 17.1. The van der Waals surface area contributed by atoms with Gasteiger partial charge in [-0.3, -0.25) is 0 Å². The van der Waals surface area contributed by atoms with Crippen molar-refractivity contribution in [2.75, 3.05) is 9.80 Å². The van der Waals surface area contributed by atoms with Gasteiger partial charge in [-0.05, 0) is 117 Å². The topological polar surface area (TPSA) is 11.4 Å². The molecule has 3 nitrogen and oxygen atoms in total. The lowest BCUT2D eigenvalue weighted by molar-refractivity contribution is 0.627. The number of hydrogen-bond donors (Lipinski definition) is 0. The summed E-state index contributed by atoms with van der Waals surface area (Å²) in [5.74, 6) is -0.268. The number of hydrogen-bond acceptors (Lipinski definition) is 2. The molecule has 66 heavy (non-hydrogen) atoms. The van der Waals surface area contributed by atoms with E-state index < -0.39 is 0 Å². The molecular formula is C62H40FN3. The minimum absolute atomic E-state index is 0.268. The normalized spacial score (nSPS) is 11.7. The van der Waals surface area contributed by atoms with Crippen molar-refractivity contribution in [3.05, 3.63) is 248 Å². The molecule has 13 aromatic rings. The number of rotatable bonds is 7. The van der Waals surface area contributed by atoms with Crippen LogP contribution in [0.3, 0.4) is 0 Å². The van der Waals surface area contributed by atoms with E-state index >= 15 is 0 Å². The Bertz CT molecular complexity index is 3860. The van der Waals surface area contributed by atoms with Crippen LogP contribution in [-0.4, -0.2) is 4.57 Å². The SMILES string of the molecule is Fc1ccc(-n2c3cc(N(c4cccc5ccccc45)c4cccc5ccccc45)ccc3c3cc4ccc(N(c5cccc6ccccc56)c5cccc6ccccc56)cc4cc32)cc1. The molecule has 0 spiro atoms. The third-order valence-corrected chi connectivity index (χ3v) is 13.3. The molecule has 0 unspecified atom stereocenters. The average Bonchev–Trinajstić information content (AvgIpc) is 3.68. The third-order valence-electron chi connectivity index (χ3n) is 13.3. The van der Waals surface area contributed by atoms with Crippen LogP contribution in [0.25, 0.3) is 81.4 Å². The maximum atomic E-state index is 14.7. The highest BCUT2D eigenvalue weighted by Crippen LogP contribution is 2.46. The van der Waals surface area contributed by atoms with Gasteiger partial charge in [-0.1, -0.05) is 158 Å². The minimum Gasteiger partial charge on any atom is -0.309 e. The first-order valence-electron chi connectivity index (χ1n) is 22.4. The van der Waals surface area contributed by atoms with Crippen LogP contribution >= 0.6 is 0 Å². The Morgan fingerprint density at radius 2 is 0.682 bits per heavy atom. The van der Waals surface area contributed by atoms with Crippen LogP contribution in [0.4, 0.5) is 38.5 Å². The second-order valence-corrected chi connectivity index (χ2v) is 17.1. The summed E-state index contributed by atoms with van der Waals surface area (Å²) in [5.41, 5.74) is 9.45. The summed E-state index contributed by atoms with van der Waals surface area (Å²) in [6.07, 6.45) is 0. The highest BCUT2D eigenvalue weighted by Gasteiger charge is 2.22. The number of benzene rings is 12. The van der Waals surface area contributed by atoms with Crippen molar-refractivity contribution in [1.29, 1.82) is 0 Å². The van der Waals surface area contributed by atoms with Crippen LogP contribution in [-0.2, 0) is 0 Å². The van der Waals surface area contributed by atoms with Crippen LogP contribution < -0.4 is 9.80 Å². The van der Waals surface area contributed by atoms with Gasteiger partial charge in [0.05, 0.1) is 33.8 Å². The van der Waals surface area contributed by atoms with Crippen molar-refractivity contribution in [2.45, 2.75) is 0 Å². The first-order chi connectivity index (χ1) is 32.6. The van der Waals surface area contributed by atoms with Crippen molar-refractivity contribution in [3.8, 4) is 5.69 Å². The Morgan fingerprint density at radius 1 is 0.273 bits per heavy atom. The van der Waals surface area contributed by atoms with Crippen LogP contribution in [0, 0.1) is 5.82 Å². The highest BCUT2D eigenvalue weighted by atomic mass is 19.1. The molecule has 1 heterocycles. The third kappa shape index (κ3) is 6.11. The molecule has 13 rings (SSSR count). The molecule has 0 N–H and O–H groups in total. The fourth-order valence-corrected chi connectivity index (χ4v) is 10.3. The fraction of sp³-hybridized carbons (Fsp3) is 0. The highest BCUT2D eigenvalue weighted by molar-refractivity contribution is 6.16. The van der Waals surface area contributed by atoms with Crippen molar-refractivity contribution in [2.24, 2.45) is 0 Å². The fourth-order valence-electron chi connectivity index (χ4n) is 10.3. The van der Waals surface area contributed by atoms with Crippen LogP contribution in [0.1, 0.15) is 0 Å². The molecule has 0 fully saturated rings. The number of fused-ring (bicyclic) bond motifs is 8. The molecule has 0 bridgehead atoms. The van der Waals surface area contributed by atoms with Crippen LogP contribution in [0.2, 0.25) is 0 Å². The summed E-state index contributed by atoms with van der Waals surface area (Å²) in [5, 5.41) is 13.9. The van der Waals surface area contributed by atoms with E-state index in [1.54, 1.807) is 12.1 Å². The maximum absolute atomic E-state index is 14.7. The smallest absolute Gasteiger partial charge is 0.123 e. The van der Waals surface area contributed by atoms with Gasteiger partial charge in [0.15, 0.2) is 0 Å². The first-order valence-corrected chi connectivity index (χ1v) is 22.4. The summed E-state index contributed by atoms with van der Waals surface area (Å²) < 4.78 is 17.0. The zero-order valence-corrected chi connectivity index (χ0v) is 35.8. The molecule has 0 saturated carbocycles. The molecule has 0 amide bonds. The number of nitrogens with zero attached hydrogens (tertiary/aromatic N) is 3. The molecule has 0 atom stereocenters. The predicted octanol–water partition coefficient (Wildman–Crippen LogP) is 17.6. The summed E-state index contributed by atoms with van der Waals surface area (Å²) in [4.78, 5) is 4.81. The first kappa shape index (κ1) is 37.8. The van der Waals surface area contributed by atoms with Gasteiger partial charge in [-0.15, -0.1) is 0 Å². The lowest BCUT2D eigenvalue weighted by Gasteiger charge is -2.28. The van der Waals surface area contributed by atoms with Gasteiger partial charge in [-0.2, -0.15) is 0 Å². The van der Waals surface area contributed by atoms with E-state index in [1.807, 2.05) is 12.1 Å². The molecule has 0 aliphatic heterocycles. The van der Waals surface area contributed by atoms with Gasteiger partial charge >= 0.3 is 0 Å². The van der Waals surface area contributed by atoms with Gasteiger partial charge in [0.2, 0.25) is 0 Å². The van der Waals surface area contributed by atoms with Crippen LogP contribution in [0.15, 0.2) is 243 Å². The maximum Gasteiger partial charge on any atom is 0.123 e. The van der Waals surface area contributed by atoms with Crippen LogP contribution in [0.5, 0.6) is 0 Å². The summed E-state index contributed by atoms with van der Waals surface area (Å²) in [7, 11) is 0. The zero-order chi connectivity index (χ0) is 43.7. The summed E-state index contributed by atoms with van der Waals surface area (Å²) in [6, 6.07) is 85.8. The molecule has 0 aliphatic carbocycles. The zero-order valence-electron chi connectivity index (χ0n) is 35.8. The van der Waals surface area contributed by atoms with Crippen molar-refractivity contribution in [3.63, 3.8) is 0 Å². The van der Waals surface area contributed by atoms with Gasteiger partial charge < -0.3 is 14.4 Å². The number of halogens is 1.